The van der Waals surface area contributed by atoms with Crippen molar-refractivity contribution in [2.75, 3.05) is 0 Å². The zero-order valence-corrected chi connectivity index (χ0v) is 6.50. The van der Waals surface area contributed by atoms with Crippen LogP contribution in [0.2, 0.25) is 0 Å². The minimum atomic E-state index is -0.833. The third-order valence-electron chi connectivity index (χ3n) is 0.538. The Labute approximate surface area is 61.9 Å². The monoisotopic (exact) mass is 142 g/mol. The Hall–Kier alpha value is -1.05. The first kappa shape index (κ1) is 11.7. The summed E-state index contributed by atoms with van der Waals surface area (Å²) in [7, 11) is 0. The highest BCUT2D eigenvalue weighted by molar-refractivity contribution is 5.62. The molecule has 0 saturated heterocycles. The number of carboxylic acids is 1. The molecule has 0 aromatic carbocycles. The molecule has 0 saturated carbocycles. The van der Waals surface area contributed by atoms with E-state index >= 15 is 0 Å². The van der Waals surface area contributed by atoms with Crippen molar-refractivity contribution in [3.8, 4) is 0 Å². The summed E-state index contributed by atoms with van der Waals surface area (Å²) in [4.78, 5) is 9.00. The van der Waals surface area contributed by atoms with Crippen LogP contribution < -0.4 is 0 Å². The number of carbonyl (C=O) groups is 1. The van der Waals surface area contributed by atoms with Gasteiger partial charge in [-0.1, -0.05) is 18.2 Å². The minimum absolute atomic E-state index is 0.833. The standard InChI is InChI=1S/C6H10.C2H4O2/c1-3-5-6-4-2;1-2(3)4/h3-4,6H,1,5H2,2H3;1H3,(H,3,4). The van der Waals surface area contributed by atoms with Crippen LogP contribution in [0.4, 0.5) is 0 Å². The van der Waals surface area contributed by atoms with Crippen LogP contribution in [-0.2, 0) is 4.79 Å². The van der Waals surface area contributed by atoms with E-state index in [9.17, 15) is 0 Å². The van der Waals surface area contributed by atoms with Gasteiger partial charge in [-0.05, 0) is 13.3 Å². The molecular weight excluding hydrogens is 128 g/mol. The fraction of sp³-hybridized carbons (Fsp3) is 0.375. The summed E-state index contributed by atoms with van der Waals surface area (Å²) in [5.74, 6) is -0.833. The van der Waals surface area contributed by atoms with Crippen LogP contribution in [-0.4, -0.2) is 11.1 Å². The molecule has 58 valence electrons. The molecule has 0 spiro atoms. The summed E-state index contributed by atoms with van der Waals surface area (Å²) in [5.41, 5.74) is 0. The molecule has 0 fully saturated rings. The summed E-state index contributed by atoms with van der Waals surface area (Å²) in [6, 6.07) is 0. The van der Waals surface area contributed by atoms with E-state index in [4.69, 9.17) is 9.90 Å². The second-order valence-corrected chi connectivity index (χ2v) is 1.61. The minimum Gasteiger partial charge on any atom is -0.481 e. The Morgan fingerprint density at radius 1 is 1.70 bits per heavy atom. The molecule has 0 aliphatic heterocycles. The molecule has 0 amide bonds. The Morgan fingerprint density at radius 3 is 2.20 bits per heavy atom. The van der Waals surface area contributed by atoms with E-state index in [0.29, 0.717) is 0 Å². The van der Waals surface area contributed by atoms with Gasteiger partial charge in [0, 0.05) is 6.92 Å². The lowest BCUT2D eigenvalue weighted by atomic mass is 10.4. The van der Waals surface area contributed by atoms with E-state index in [0.717, 1.165) is 13.3 Å². The average Bonchev–Trinajstić information content (AvgIpc) is 1.82. The molecule has 0 aromatic heterocycles. The SMILES string of the molecule is C=CCC=CC.CC(=O)O. The first-order valence-corrected chi connectivity index (χ1v) is 3.06. The first-order valence-electron chi connectivity index (χ1n) is 3.06. The fourth-order valence-electron chi connectivity index (χ4n) is 0.232. The molecular formula is C8H14O2. The predicted molar refractivity (Wildman–Crippen MR) is 42.9 cm³/mol. The largest absolute Gasteiger partial charge is 0.481 e. The molecule has 1 N–H and O–H groups in total. The number of allylic oxidation sites excluding steroid dienone is 3. The molecule has 0 aromatic rings. The molecule has 0 aliphatic rings. The summed E-state index contributed by atoms with van der Waals surface area (Å²) < 4.78 is 0. The molecule has 0 heterocycles. The van der Waals surface area contributed by atoms with Crippen molar-refractivity contribution < 1.29 is 9.90 Å². The van der Waals surface area contributed by atoms with Crippen molar-refractivity contribution in [1.82, 2.24) is 0 Å². The summed E-state index contributed by atoms with van der Waals surface area (Å²) in [5, 5.41) is 7.42. The van der Waals surface area contributed by atoms with Crippen molar-refractivity contribution in [3.05, 3.63) is 24.8 Å². The average molecular weight is 142 g/mol. The highest BCUT2D eigenvalue weighted by atomic mass is 16.4. The van der Waals surface area contributed by atoms with Gasteiger partial charge in [-0.2, -0.15) is 0 Å². The molecule has 2 heteroatoms. The van der Waals surface area contributed by atoms with Gasteiger partial charge in [-0.3, -0.25) is 4.79 Å². The maximum atomic E-state index is 9.00. The first-order chi connectivity index (χ1) is 4.65. The maximum absolute atomic E-state index is 9.00. The van der Waals surface area contributed by atoms with Gasteiger partial charge in [0.25, 0.3) is 5.97 Å². The zero-order chi connectivity index (χ0) is 8.41. The van der Waals surface area contributed by atoms with Crippen molar-refractivity contribution in [3.63, 3.8) is 0 Å². The Bertz CT molecular complexity index is 110. The maximum Gasteiger partial charge on any atom is 0.300 e. The van der Waals surface area contributed by atoms with Crippen LogP contribution in [0.1, 0.15) is 20.3 Å². The van der Waals surface area contributed by atoms with Crippen molar-refractivity contribution in [2.24, 2.45) is 0 Å². The van der Waals surface area contributed by atoms with E-state index < -0.39 is 5.97 Å². The molecule has 0 rings (SSSR count). The van der Waals surface area contributed by atoms with Crippen LogP contribution in [0, 0.1) is 0 Å². The molecule has 0 unspecified atom stereocenters. The van der Waals surface area contributed by atoms with E-state index in [1.54, 1.807) is 0 Å². The zero-order valence-electron chi connectivity index (χ0n) is 6.50. The summed E-state index contributed by atoms with van der Waals surface area (Å²) in [6.07, 6.45) is 6.95. The van der Waals surface area contributed by atoms with E-state index in [-0.39, 0.29) is 0 Å². The van der Waals surface area contributed by atoms with Gasteiger partial charge in [0.15, 0.2) is 0 Å². The third-order valence-corrected chi connectivity index (χ3v) is 0.538. The van der Waals surface area contributed by atoms with Crippen LogP contribution in [0.5, 0.6) is 0 Å². The van der Waals surface area contributed by atoms with Gasteiger partial charge in [-0.25, -0.2) is 0 Å². The smallest absolute Gasteiger partial charge is 0.300 e. The molecule has 2 nitrogen and oxygen atoms in total. The molecule has 0 aliphatic carbocycles. The van der Waals surface area contributed by atoms with Gasteiger partial charge < -0.3 is 5.11 Å². The number of hydrogen-bond acceptors (Lipinski definition) is 1. The topological polar surface area (TPSA) is 37.3 Å². The lowest BCUT2D eigenvalue weighted by Crippen LogP contribution is -1.78. The second-order valence-electron chi connectivity index (χ2n) is 1.61. The Kier molecular flexibility index (Phi) is 12.7. The molecule has 0 bridgehead atoms. The lowest BCUT2D eigenvalue weighted by Gasteiger charge is -1.69. The van der Waals surface area contributed by atoms with E-state index in [1.165, 1.54) is 0 Å². The van der Waals surface area contributed by atoms with Gasteiger partial charge in [0.1, 0.15) is 0 Å². The molecule has 0 atom stereocenters. The number of aliphatic carboxylic acids is 1. The second kappa shape index (κ2) is 10.8. The Balaban J connectivity index is 0. The number of rotatable bonds is 2. The summed E-state index contributed by atoms with van der Waals surface area (Å²) >= 11 is 0. The van der Waals surface area contributed by atoms with Crippen molar-refractivity contribution >= 4 is 5.97 Å². The predicted octanol–water partition coefficient (Wildman–Crippen LogP) is 2.23. The van der Waals surface area contributed by atoms with E-state index in [1.807, 2.05) is 19.1 Å². The van der Waals surface area contributed by atoms with Crippen LogP contribution in [0.15, 0.2) is 24.8 Å². The summed E-state index contributed by atoms with van der Waals surface area (Å²) in [6.45, 7) is 6.63. The van der Waals surface area contributed by atoms with E-state index in [2.05, 4.69) is 12.7 Å². The lowest BCUT2D eigenvalue weighted by molar-refractivity contribution is -0.134. The molecule has 0 radical (unpaired) electrons. The van der Waals surface area contributed by atoms with Crippen LogP contribution >= 0.6 is 0 Å². The number of hydrogen-bond donors (Lipinski definition) is 1. The van der Waals surface area contributed by atoms with Gasteiger partial charge in [0.05, 0.1) is 0 Å². The van der Waals surface area contributed by atoms with Crippen LogP contribution in [0.3, 0.4) is 0 Å². The number of carboxylic acid groups (broad SMARTS) is 1. The molecule has 10 heavy (non-hydrogen) atoms. The van der Waals surface area contributed by atoms with Gasteiger partial charge in [-0.15, -0.1) is 6.58 Å². The Morgan fingerprint density at radius 2 is 2.10 bits per heavy atom. The van der Waals surface area contributed by atoms with Gasteiger partial charge >= 0.3 is 0 Å². The van der Waals surface area contributed by atoms with Crippen molar-refractivity contribution in [2.45, 2.75) is 20.3 Å². The van der Waals surface area contributed by atoms with Gasteiger partial charge in [0.2, 0.25) is 0 Å². The normalized spacial score (nSPS) is 8.20. The fourth-order valence-corrected chi connectivity index (χ4v) is 0.232. The van der Waals surface area contributed by atoms with Crippen LogP contribution in [0.25, 0.3) is 0 Å². The van der Waals surface area contributed by atoms with Crippen molar-refractivity contribution in [1.29, 1.82) is 0 Å². The third kappa shape index (κ3) is 64.7. The quantitative estimate of drug-likeness (QED) is 0.600. The highest BCUT2D eigenvalue weighted by Crippen LogP contribution is 1.78. The highest BCUT2D eigenvalue weighted by Gasteiger charge is 1.65.